The normalized spacial score (nSPS) is 24.7. The van der Waals surface area contributed by atoms with Gasteiger partial charge in [-0.2, -0.15) is 0 Å². The molecule has 256 valence electrons. The first-order valence-electron chi connectivity index (χ1n) is 17.5. The third-order valence-corrected chi connectivity index (χ3v) is 11.3. The molecule has 2 aromatic rings. The van der Waals surface area contributed by atoms with Crippen LogP contribution in [-0.2, 0) is 16.1 Å². The maximum absolute atomic E-state index is 13.1. The number of rotatable bonds is 7. The summed E-state index contributed by atoms with van der Waals surface area (Å²) < 4.78 is 0. The van der Waals surface area contributed by atoms with Crippen LogP contribution in [0.25, 0.3) is 0 Å². The number of hydrogen-bond acceptors (Lipinski definition) is 9. The van der Waals surface area contributed by atoms with Gasteiger partial charge in [-0.05, 0) is 78.3 Å². The SMILES string of the molecule is CC1(C)CC(C)(C)C1NC(=O)c1ccc(N2CCC(CN3CCN(c4ccc5c(c4)CN([C@H]4CCC(=O)NC4=O)C5=O)CC3)CC2)nn1. The van der Waals surface area contributed by atoms with Crippen molar-refractivity contribution in [1.82, 2.24) is 30.6 Å². The van der Waals surface area contributed by atoms with Crippen molar-refractivity contribution in [3.05, 3.63) is 47.2 Å². The zero-order chi connectivity index (χ0) is 33.8. The molecule has 0 radical (unpaired) electrons. The second kappa shape index (κ2) is 12.4. The molecule has 1 aliphatic carbocycles. The van der Waals surface area contributed by atoms with Gasteiger partial charge in [0.25, 0.3) is 11.8 Å². The summed E-state index contributed by atoms with van der Waals surface area (Å²) in [5, 5.41) is 14.3. The number of piperidine rings is 2. The zero-order valence-electron chi connectivity index (χ0n) is 28.6. The van der Waals surface area contributed by atoms with Crippen LogP contribution in [0.4, 0.5) is 11.5 Å². The second-order valence-electron chi connectivity index (χ2n) is 15.8. The lowest BCUT2D eigenvalue weighted by molar-refractivity contribution is -0.136. The number of piperazine rings is 1. The molecule has 0 unspecified atom stereocenters. The lowest BCUT2D eigenvalue weighted by Crippen LogP contribution is -2.63. The molecule has 4 aliphatic heterocycles. The molecule has 12 nitrogen and oxygen atoms in total. The summed E-state index contributed by atoms with van der Waals surface area (Å²) in [4.78, 5) is 58.8. The van der Waals surface area contributed by atoms with Crippen LogP contribution in [0.1, 0.15) is 86.2 Å². The van der Waals surface area contributed by atoms with Crippen LogP contribution < -0.4 is 20.4 Å². The Balaban J connectivity index is 0.859. The van der Waals surface area contributed by atoms with Gasteiger partial charge in [-0.25, -0.2) is 0 Å². The van der Waals surface area contributed by atoms with Crippen molar-refractivity contribution in [2.75, 3.05) is 55.6 Å². The molecule has 12 heteroatoms. The predicted octanol–water partition coefficient (Wildman–Crippen LogP) is 2.83. The first kappa shape index (κ1) is 32.5. The molecule has 48 heavy (non-hydrogen) atoms. The van der Waals surface area contributed by atoms with Gasteiger partial charge in [0.1, 0.15) is 6.04 Å². The lowest BCUT2D eigenvalue weighted by Gasteiger charge is -2.57. The van der Waals surface area contributed by atoms with Crippen LogP contribution >= 0.6 is 0 Å². The van der Waals surface area contributed by atoms with E-state index >= 15 is 0 Å². The van der Waals surface area contributed by atoms with Crippen molar-refractivity contribution >= 4 is 35.1 Å². The van der Waals surface area contributed by atoms with E-state index in [1.165, 1.54) is 0 Å². The third-order valence-electron chi connectivity index (χ3n) is 11.3. The summed E-state index contributed by atoms with van der Waals surface area (Å²) in [6.07, 6.45) is 3.90. The highest BCUT2D eigenvalue weighted by Gasteiger charge is 2.53. The van der Waals surface area contributed by atoms with E-state index < -0.39 is 6.04 Å². The van der Waals surface area contributed by atoms with Gasteiger partial charge in [-0.15, -0.1) is 10.2 Å². The highest BCUT2D eigenvalue weighted by Crippen LogP contribution is 2.53. The minimum absolute atomic E-state index is 0.0837. The van der Waals surface area contributed by atoms with Crippen LogP contribution in [0.3, 0.4) is 0 Å². The van der Waals surface area contributed by atoms with Gasteiger partial charge in [0.05, 0.1) is 0 Å². The molecule has 1 aromatic heterocycles. The number of carbonyl (C=O) groups is 4. The van der Waals surface area contributed by atoms with Crippen LogP contribution in [0, 0.1) is 16.7 Å². The number of hydrogen-bond donors (Lipinski definition) is 2. The molecular weight excluding hydrogens is 608 g/mol. The summed E-state index contributed by atoms with van der Waals surface area (Å²) >= 11 is 0. The minimum Gasteiger partial charge on any atom is -0.369 e. The molecule has 3 saturated heterocycles. The number of fused-ring (bicyclic) bond motifs is 1. The fourth-order valence-electron chi connectivity index (χ4n) is 9.17. The fourth-order valence-corrected chi connectivity index (χ4v) is 9.17. The zero-order valence-corrected chi connectivity index (χ0v) is 28.6. The number of nitrogens with one attached hydrogen (secondary N) is 2. The van der Waals surface area contributed by atoms with Crippen LogP contribution in [0.5, 0.6) is 0 Å². The molecule has 4 amide bonds. The van der Waals surface area contributed by atoms with Gasteiger partial charge in [0.15, 0.2) is 11.5 Å². The molecule has 4 fully saturated rings. The topological polar surface area (TPSA) is 131 Å². The van der Waals surface area contributed by atoms with Gasteiger partial charge in [-0.1, -0.05) is 27.7 Å². The molecule has 1 atom stereocenters. The smallest absolute Gasteiger partial charge is 0.272 e. The average molecular weight is 657 g/mol. The van der Waals surface area contributed by atoms with Gasteiger partial charge in [0.2, 0.25) is 11.8 Å². The van der Waals surface area contributed by atoms with Crippen molar-refractivity contribution in [2.24, 2.45) is 16.7 Å². The maximum atomic E-state index is 13.1. The molecular formula is C36H48N8O4. The monoisotopic (exact) mass is 656 g/mol. The Labute approximate surface area is 282 Å². The fraction of sp³-hybridized carbons (Fsp3) is 0.611. The molecule has 0 spiro atoms. The van der Waals surface area contributed by atoms with Crippen molar-refractivity contribution in [3.63, 3.8) is 0 Å². The molecule has 2 N–H and O–H groups in total. The molecule has 5 heterocycles. The molecule has 1 saturated carbocycles. The van der Waals surface area contributed by atoms with Gasteiger partial charge < -0.3 is 20.0 Å². The van der Waals surface area contributed by atoms with E-state index in [-0.39, 0.29) is 46.9 Å². The number of imide groups is 1. The van der Waals surface area contributed by atoms with Crippen LogP contribution in [-0.4, -0.2) is 102 Å². The van der Waals surface area contributed by atoms with E-state index in [0.717, 1.165) is 82.1 Å². The first-order chi connectivity index (χ1) is 22.9. The van der Waals surface area contributed by atoms with E-state index in [2.05, 4.69) is 69.3 Å². The van der Waals surface area contributed by atoms with Crippen molar-refractivity contribution in [2.45, 2.75) is 78.4 Å². The number of carbonyl (C=O) groups excluding carboxylic acids is 4. The van der Waals surface area contributed by atoms with Crippen LogP contribution in [0.15, 0.2) is 30.3 Å². The Hall–Kier alpha value is -4.06. The number of anilines is 2. The highest BCUT2D eigenvalue weighted by atomic mass is 16.2. The standard InChI is InChI=1S/C36H48N8O4/c1-35(2)22-36(3,4)34(35)38-31(46)27-7-9-29(40-39-27)43-13-11-23(12-14-43)20-41-15-17-42(18-16-41)25-5-6-26-24(19-25)21-44(33(26)48)28-8-10-30(45)37-32(28)47/h5-7,9,19,23,28,34H,8,10-18,20-22H2,1-4H3,(H,38,46)(H,37,45,47)/t28-/m0/s1. The molecule has 0 bridgehead atoms. The minimum atomic E-state index is -0.592. The van der Waals surface area contributed by atoms with Gasteiger partial charge in [-0.3, -0.25) is 29.4 Å². The molecule has 5 aliphatic rings. The van der Waals surface area contributed by atoms with E-state index in [9.17, 15) is 19.2 Å². The number of nitrogens with zero attached hydrogens (tertiary/aromatic N) is 6. The van der Waals surface area contributed by atoms with E-state index in [4.69, 9.17) is 0 Å². The van der Waals surface area contributed by atoms with Crippen LogP contribution in [0.2, 0.25) is 0 Å². The van der Waals surface area contributed by atoms with Gasteiger partial charge >= 0.3 is 0 Å². The highest BCUT2D eigenvalue weighted by molar-refractivity contribution is 6.05. The van der Waals surface area contributed by atoms with E-state index in [1.807, 2.05) is 18.2 Å². The maximum Gasteiger partial charge on any atom is 0.272 e. The Morgan fingerprint density at radius 1 is 0.896 bits per heavy atom. The van der Waals surface area contributed by atoms with Crippen molar-refractivity contribution in [3.8, 4) is 0 Å². The van der Waals surface area contributed by atoms with E-state index in [0.29, 0.717) is 30.1 Å². The Morgan fingerprint density at radius 3 is 2.27 bits per heavy atom. The number of benzene rings is 1. The Morgan fingerprint density at radius 2 is 1.62 bits per heavy atom. The lowest BCUT2D eigenvalue weighted by atomic mass is 9.52. The third kappa shape index (κ3) is 6.26. The summed E-state index contributed by atoms with van der Waals surface area (Å²) in [5.74, 6) is 0.523. The van der Waals surface area contributed by atoms with Crippen molar-refractivity contribution < 1.29 is 19.2 Å². The summed E-state index contributed by atoms with van der Waals surface area (Å²) in [7, 11) is 0. The first-order valence-corrected chi connectivity index (χ1v) is 17.5. The van der Waals surface area contributed by atoms with Gasteiger partial charge in [0, 0.05) is 76.1 Å². The summed E-state index contributed by atoms with van der Waals surface area (Å²) in [6.45, 7) is 16.0. The average Bonchev–Trinajstić information content (AvgIpc) is 3.38. The molecule has 7 rings (SSSR count). The van der Waals surface area contributed by atoms with Crippen molar-refractivity contribution in [1.29, 1.82) is 0 Å². The quantitative estimate of drug-likeness (QED) is 0.432. The number of aromatic nitrogens is 2. The predicted molar refractivity (Wildman–Crippen MR) is 182 cm³/mol. The Bertz CT molecular complexity index is 1580. The second-order valence-corrected chi connectivity index (χ2v) is 15.8. The summed E-state index contributed by atoms with van der Waals surface area (Å²) in [6, 6.07) is 9.27. The number of amides is 4. The van der Waals surface area contributed by atoms with E-state index in [1.54, 1.807) is 11.0 Å². The molecule has 1 aromatic carbocycles. The summed E-state index contributed by atoms with van der Waals surface area (Å²) in [5.41, 5.74) is 3.24. The largest absolute Gasteiger partial charge is 0.369 e. The Kier molecular flexibility index (Phi) is 8.41.